The van der Waals surface area contributed by atoms with Crippen LogP contribution in [0.4, 0.5) is 10.2 Å². The molecular formula is C19H15FN6. The molecule has 0 unspecified atom stereocenters. The lowest BCUT2D eigenvalue weighted by Gasteiger charge is -2.04. The van der Waals surface area contributed by atoms with Crippen molar-refractivity contribution in [3.63, 3.8) is 0 Å². The zero-order valence-electron chi connectivity index (χ0n) is 13.9. The van der Waals surface area contributed by atoms with E-state index in [1.54, 1.807) is 23.0 Å². The third-order valence-electron chi connectivity index (χ3n) is 4.55. The number of hydrogen-bond acceptors (Lipinski definition) is 5. The van der Waals surface area contributed by atoms with Gasteiger partial charge in [0.15, 0.2) is 11.5 Å². The van der Waals surface area contributed by atoms with Gasteiger partial charge in [0.2, 0.25) is 0 Å². The Bertz CT molecular complexity index is 1120. The lowest BCUT2D eigenvalue weighted by Crippen LogP contribution is -2.05. The van der Waals surface area contributed by atoms with Crippen LogP contribution in [-0.4, -0.2) is 31.3 Å². The summed E-state index contributed by atoms with van der Waals surface area (Å²) < 4.78 is 15.8. The van der Waals surface area contributed by atoms with Crippen molar-refractivity contribution in [2.75, 3.05) is 11.9 Å². The Morgan fingerprint density at radius 2 is 2.04 bits per heavy atom. The van der Waals surface area contributed by atoms with E-state index in [1.807, 2.05) is 24.4 Å². The van der Waals surface area contributed by atoms with Crippen LogP contribution in [0.3, 0.4) is 0 Å². The zero-order valence-corrected chi connectivity index (χ0v) is 13.9. The molecular weight excluding hydrogens is 331 g/mol. The van der Waals surface area contributed by atoms with Gasteiger partial charge >= 0.3 is 0 Å². The van der Waals surface area contributed by atoms with Crippen molar-refractivity contribution >= 4 is 16.9 Å². The summed E-state index contributed by atoms with van der Waals surface area (Å²) in [4.78, 5) is 13.5. The normalized spacial score (nSPS) is 13.0. The van der Waals surface area contributed by atoms with Gasteiger partial charge in [-0.25, -0.2) is 24.0 Å². The van der Waals surface area contributed by atoms with E-state index >= 15 is 0 Å². The fourth-order valence-electron chi connectivity index (χ4n) is 3.25. The van der Waals surface area contributed by atoms with Gasteiger partial charge in [-0.1, -0.05) is 18.2 Å². The zero-order chi connectivity index (χ0) is 17.5. The summed E-state index contributed by atoms with van der Waals surface area (Å²) in [6.45, 7) is 1.17. The third kappa shape index (κ3) is 2.40. The molecule has 0 saturated heterocycles. The molecule has 0 radical (unpaired) electrons. The summed E-state index contributed by atoms with van der Waals surface area (Å²) >= 11 is 0. The number of benzene rings is 1. The number of rotatable bonds is 3. The summed E-state index contributed by atoms with van der Waals surface area (Å²) in [6, 6.07) is 10.5. The van der Waals surface area contributed by atoms with Gasteiger partial charge in [-0.05, 0) is 24.6 Å². The Morgan fingerprint density at radius 1 is 1.12 bits per heavy atom. The van der Waals surface area contributed by atoms with Crippen molar-refractivity contribution in [1.82, 2.24) is 24.7 Å². The topological polar surface area (TPSA) is 68.5 Å². The molecule has 1 N–H and O–H groups in total. The minimum atomic E-state index is -0.258. The SMILES string of the molecule is Fc1ccccc1Cn1nc(-c2ncc3c(n2)NCC3)c2cccnc21. The highest BCUT2D eigenvalue weighted by Gasteiger charge is 2.19. The first-order valence-electron chi connectivity index (χ1n) is 8.45. The van der Waals surface area contributed by atoms with E-state index in [9.17, 15) is 4.39 Å². The fraction of sp³-hybridized carbons (Fsp3) is 0.158. The van der Waals surface area contributed by atoms with Gasteiger partial charge in [0, 0.05) is 30.1 Å². The first-order valence-corrected chi connectivity index (χ1v) is 8.45. The smallest absolute Gasteiger partial charge is 0.182 e. The summed E-state index contributed by atoms with van der Waals surface area (Å²) in [5, 5.41) is 8.77. The van der Waals surface area contributed by atoms with Crippen LogP contribution < -0.4 is 5.32 Å². The van der Waals surface area contributed by atoms with Crippen molar-refractivity contribution in [1.29, 1.82) is 0 Å². The Kier molecular flexibility index (Phi) is 3.38. The predicted octanol–water partition coefficient (Wildman–Crippen LogP) is 3.04. The van der Waals surface area contributed by atoms with E-state index in [-0.39, 0.29) is 5.82 Å². The van der Waals surface area contributed by atoms with E-state index in [0.717, 1.165) is 29.7 Å². The average Bonchev–Trinajstić information content (AvgIpc) is 3.28. The number of nitrogens with one attached hydrogen (secondary N) is 1. The Balaban J connectivity index is 1.64. The van der Waals surface area contributed by atoms with E-state index in [4.69, 9.17) is 0 Å². The third-order valence-corrected chi connectivity index (χ3v) is 4.55. The van der Waals surface area contributed by atoms with Gasteiger partial charge in [-0.15, -0.1) is 0 Å². The minimum absolute atomic E-state index is 0.258. The van der Waals surface area contributed by atoms with Crippen LogP contribution >= 0.6 is 0 Å². The molecule has 1 aromatic carbocycles. The van der Waals surface area contributed by atoms with Crippen molar-refractivity contribution in [2.45, 2.75) is 13.0 Å². The van der Waals surface area contributed by atoms with Gasteiger partial charge in [-0.2, -0.15) is 5.10 Å². The average molecular weight is 346 g/mol. The molecule has 5 rings (SSSR count). The van der Waals surface area contributed by atoms with Crippen LogP contribution in [0.2, 0.25) is 0 Å². The van der Waals surface area contributed by atoms with Crippen molar-refractivity contribution < 1.29 is 4.39 Å². The molecule has 4 heterocycles. The molecule has 0 fully saturated rings. The molecule has 0 amide bonds. The second kappa shape index (κ2) is 5.87. The summed E-state index contributed by atoms with van der Waals surface area (Å²) in [5.74, 6) is 1.14. The lowest BCUT2D eigenvalue weighted by molar-refractivity contribution is 0.589. The molecule has 3 aromatic heterocycles. The van der Waals surface area contributed by atoms with Crippen LogP contribution in [0, 0.1) is 5.82 Å². The maximum Gasteiger partial charge on any atom is 0.182 e. The standard InChI is InChI=1S/C19H15FN6/c20-15-6-2-1-4-13(15)11-26-19-14(5-3-8-22-19)16(25-26)18-23-10-12-7-9-21-17(12)24-18/h1-6,8,10H,7,9,11H2,(H,21,23,24). The highest BCUT2D eigenvalue weighted by molar-refractivity contribution is 5.89. The van der Waals surface area contributed by atoms with E-state index in [2.05, 4.69) is 25.4 Å². The molecule has 26 heavy (non-hydrogen) atoms. The number of halogens is 1. The number of hydrogen-bond donors (Lipinski definition) is 1. The highest BCUT2D eigenvalue weighted by Crippen LogP contribution is 2.28. The maximum absolute atomic E-state index is 14.1. The van der Waals surface area contributed by atoms with Crippen molar-refractivity contribution in [2.24, 2.45) is 0 Å². The second-order valence-electron chi connectivity index (χ2n) is 6.22. The molecule has 128 valence electrons. The summed E-state index contributed by atoms with van der Waals surface area (Å²) in [7, 11) is 0. The van der Waals surface area contributed by atoms with E-state index in [1.165, 1.54) is 6.07 Å². The van der Waals surface area contributed by atoms with Crippen LogP contribution in [0.15, 0.2) is 48.8 Å². The van der Waals surface area contributed by atoms with Crippen molar-refractivity contribution in [3.05, 3.63) is 65.7 Å². The number of nitrogens with zero attached hydrogens (tertiary/aromatic N) is 5. The van der Waals surface area contributed by atoms with Crippen LogP contribution in [0.1, 0.15) is 11.1 Å². The van der Waals surface area contributed by atoms with E-state index in [0.29, 0.717) is 29.3 Å². The van der Waals surface area contributed by atoms with Gasteiger partial charge in [-0.3, -0.25) is 0 Å². The van der Waals surface area contributed by atoms with Crippen LogP contribution in [0.25, 0.3) is 22.6 Å². The summed E-state index contributed by atoms with van der Waals surface area (Å²) in [5.41, 5.74) is 3.01. The first-order chi connectivity index (χ1) is 12.8. The number of fused-ring (bicyclic) bond motifs is 2. The molecule has 7 heteroatoms. The molecule has 0 saturated carbocycles. The fourth-order valence-corrected chi connectivity index (χ4v) is 3.25. The first kappa shape index (κ1) is 14.9. The number of aromatic nitrogens is 5. The largest absolute Gasteiger partial charge is 0.369 e. The van der Waals surface area contributed by atoms with Gasteiger partial charge in [0.25, 0.3) is 0 Å². The predicted molar refractivity (Wildman–Crippen MR) is 96.2 cm³/mol. The molecule has 1 aliphatic rings. The molecule has 0 aliphatic carbocycles. The molecule has 0 spiro atoms. The number of pyridine rings is 1. The Labute approximate surface area is 148 Å². The van der Waals surface area contributed by atoms with E-state index < -0.39 is 0 Å². The molecule has 6 nitrogen and oxygen atoms in total. The molecule has 0 bridgehead atoms. The maximum atomic E-state index is 14.1. The van der Waals surface area contributed by atoms with Gasteiger partial charge < -0.3 is 5.32 Å². The quantitative estimate of drug-likeness (QED) is 0.617. The van der Waals surface area contributed by atoms with Gasteiger partial charge in [0.1, 0.15) is 17.3 Å². The molecule has 1 aliphatic heterocycles. The van der Waals surface area contributed by atoms with Crippen molar-refractivity contribution in [3.8, 4) is 11.5 Å². The number of anilines is 1. The Morgan fingerprint density at radius 3 is 2.96 bits per heavy atom. The highest BCUT2D eigenvalue weighted by atomic mass is 19.1. The lowest BCUT2D eigenvalue weighted by atomic mass is 10.2. The molecule has 4 aromatic rings. The second-order valence-corrected chi connectivity index (χ2v) is 6.22. The Hall–Kier alpha value is -3.35. The monoisotopic (exact) mass is 346 g/mol. The summed E-state index contributed by atoms with van der Waals surface area (Å²) in [6.07, 6.45) is 4.48. The molecule has 0 atom stereocenters. The van der Waals surface area contributed by atoms with Crippen LogP contribution in [0.5, 0.6) is 0 Å². The van der Waals surface area contributed by atoms with Gasteiger partial charge in [0.05, 0.1) is 11.9 Å². The van der Waals surface area contributed by atoms with Crippen LogP contribution in [-0.2, 0) is 13.0 Å². The minimum Gasteiger partial charge on any atom is -0.369 e.